The van der Waals surface area contributed by atoms with E-state index in [1.165, 1.54) is 27.3 Å². The maximum Gasteiger partial charge on any atom is 0.228 e. The first-order valence-electron chi connectivity index (χ1n) is 10.2. The standard InChI is InChI=1S/C27H19Cl2NPS/c28-21-18-16-20(17-19-21)27-30-26(25(29)32-27)31(22-10-4-1-5-11-22,23-12-6-2-7-13-23)24-14-8-3-9-15-24/h1-19H/q+1. The second-order valence-corrected chi connectivity index (χ2v) is 12.7. The van der Waals surface area contributed by atoms with Gasteiger partial charge in [0.25, 0.3) is 0 Å². The van der Waals surface area contributed by atoms with Crippen molar-refractivity contribution in [2.24, 2.45) is 0 Å². The van der Waals surface area contributed by atoms with Crippen LogP contribution in [0.2, 0.25) is 9.36 Å². The van der Waals surface area contributed by atoms with Gasteiger partial charge >= 0.3 is 0 Å². The predicted octanol–water partition coefficient (Wildman–Crippen LogP) is 6.74. The van der Waals surface area contributed by atoms with Gasteiger partial charge < -0.3 is 0 Å². The zero-order valence-corrected chi connectivity index (χ0v) is 20.3. The Kier molecular flexibility index (Phi) is 6.13. The summed E-state index contributed by atoms with van der Waals surface area (Å²) in [6.07, 6.45) is 0. The fraction of sp³-hybridized carbons (Fsp3) is 0. The first-order valence-corrected chi connectivity index (χ1v) is 13.5. The lowest BCUT2D eigenvalue weighted by atomic mass is 10.2. The van der Waals surface area contributed by atoms with Gasteiger partial charge in [0.15, 0.2) is 11.6 Å². The van der Waals surface area contributed by atoms with Crippen molar-refractivity contribution in [2.45, 2.75) is 0 Å². The van der Waals surface area contributed by atoms with Gasteiger partial charge in [0.2, 0.25) is 5.44 Å². The second kappa shape index (κ2) is 9.17. The van der Waals surface area contributed by atoms with Crippen LogP contribution < -0.4 is 21.3 Å². The minimum absolute atomic E-state index is 0.705. The molecule has 0 aliphatic rings. The van der Waals surface area contributed by atoms with Gasteiger partial charge in [0.1, 0.15) is 20.9 Å². The molecule has 156 valence electrons. The van der Waals surface area contributed by atoms with E-state index in [0.717, 1.165) is 20.3 Å². The van der Waals surface area contributed by atoms with Gasteiger partial charge in [-0.3, -0.25) is 0 Å². The van der Waals surface area contributed by atoms with Crippen molar-refractivity contribution in [3.8, 4) is 10.6 Å². The molecule has 0 bridgehead atoms. The molecule has 5 heteroatoms. The zero-order valence-electron chi connectivity index (χ0n) is 17.0. The fourth-order valence-electron chi connectivity index (χ4n) is 3.99. The molecule has 0 aliphatic carbocycles. The van der Waals surface area contributed by atoms with Crippen molar-refractivity contribution in [1.82, 2.24) is 4.98 Å². The molecular formula is C27H19Cl2NPS+. The molecule has 0 N–H and O–H groups in total. The molecular weight excluding hydrogens is 472 g/mol. The van der Waals surface area contributed by atoms with E-state index >= 15 is 0 Å². The molecule has 5 aromatic rings. The highest BCUT2D eigenvalue weighted by molar-refractivity contribution is 8.01. The van der Waals surface area contributed by atoms with Crippen LogP contribution in [-0.4, -0.2) is 4.98 Å². The lowest BCUT2D eigenvalue weighted by molar-refractivity contribution is 1.46. The van der Waals surface area contributed by atoms with Gasteiger partial charge in [-0.2, -0.15) is 4.98 Å². The number of benzene rings is 4. The molecule has 0 aliphatic heterocycles. The molecule has 0 spiro atoms. The van der Waals surface area contributed by atoms with Crippen LogP contribution >= 0.6 is 41.8 Å². The minimum Gasteiger partial charge on any atom is -0.199 e. The number of rotatable bonds is 5. The van der Waals surface area contributed by atoms with E-state index in [1.807, 2.05) is 24.3 Å². The van der Waals surface area contributed by atoms with Crippen molar-refractivity contribution in [1.29, 1.82) is 0 Å². The summed E-state index contributed by atoms with van der Waals surface area (Å²) in [6.45, 7) is 0. The monoisotopic (exact) mass is 490 g/mol. The molecule has 5 rings (SSSR count). The van der Waals surface area contributed by atoms with Crippen molar-refractivity contribution >= 4 is 63.1 Å². The third-order valence-corrected chi connectivity index (χ3v) is 11.4. The highest BCUT2D eigenvalue weighted by atomic mass is 35.5. The van der Waals surface area contributed by atoms with E-state index in [4.69, 9.17) is 28.2 Å². The van der Waals surface area contributed by atoms with Crippen molar-refractivity contribution in [2.75, 3.05) is 0 Å². The topological polar surface area (TPSA) is 12.9 Å². The van der Waals surface area contributed by atoms with Crippen molar-refractivity contribution in [3.63, 3.8) is 0 Å². The molecule has 0 atom stereocenters. The summed E-state index contributed by atoms with van der Waals surface area (Å²) in [6, 6.07) is 39.7. The lowest BCUT2D eigenvalue weighted by Crippen LogP contribution is -2.39. The highest BCUT2D eigenvalue weighted by Crippen LogP contribution is 2.56. The Hall–Kier alpha value is -2.48. The summed E-state index contributed by atoms with van der Waals surface area (Å²) >= 11 is 14.7. The molecule has 1 nitrogen and oxygen atoms in total. The van der Waals surface area contributed by atoms with E-state index in [-0.39, 0.29) is 0 Å². The van der Waals surface area contributed by atoms with E-state index in [2.05, 4.69) is 91.0 Å². The first kappa shape index (κ1) is 21.4. The Morgan fingerprint density at radius 1 is 0.562 bits per heavy atom. The third kappa shape index (κ3) is 3.78. The summed E-state index contributed by atoms with van der Waals surface area (Å²) in [5, 5.41) is 5.29. The molecule has 0 unspecified atom stereocenters. The van der Waals surface area contributed by atoms with Crippen LogP contribution in [0.5, 0.6) is 0 Å². The average Bonchev–Trinajstić information content (AvgIpc) is 3.24. The third-order valence-electron chi connectivity index (χ3n) is 5.41. The number of hydrogen-bond donors (Lipinski definition) is 0. The Balaban J connectivity index is 1.84. The summed E-state index contributed by atoms with van der Waals surface area (Å²) in [7, 11) is -2.31. The van der Waals surface area contributed by atoms with E-state index in [0.29, 0.717) is 5.02 Å². The molecule has 32 heavy (non-hydrogen) atoms. The van der Waals surface area contributed by atoms with Gasteiger partial charge in [-0.05, 0) is 48.5 Å². The van der Waals surface area contributed by atoms with Crippen molar-refractivity contribution in [3.05, 3.63) is 125 Å². The average molecular weight is 491 g/mol. The predicted molar refractivity (Wildman–Crippen MR) is 142 cm³/mol. The maximum atomic E-state index is 7.02. The number of nitrogens with zero attached hydrogens (tertiary/aromatic N) is 1. The van der Waals surface area contributed by atoms with Crippen LogP contribution in [-0.2, 0) is 0 Å². The lowest BCUT2D eigenvalue weighted by Gasteiger charge is -2.25. The SMILES string of the molecule is Clc1ccc(-c2nc([P+](c3ccccc3)(c3ccccc3)c3ccccc3)c(Cl)s2)cc1. The van der Waals surface area contributed by atoms with Gasteiger partial charge in [0, 0.05) is 10.6 Å². The summed E-state index contributed by atoms with van der Waals surface area (Å²) in [5.41, 5.74) is 1.96. The summed E-state index contributed by atoms with van der Waals surface area (Å²) in [4.78, 5) is 5.20. The quantitative estimate of drug-likeness (QED) is 0.248. The van der Waals surface area contributed by atoms with Crippen LogP contribution in [0.4, 0.5) is 0 Å². The fourth-order valence-corrected chi connectivity index (χ4v) is 10.1. The second-order valence-electron chi connectivity index (χ2n) is 7.30. The Bertz CT molecular complexity index is 1220. The largest absolute Gasteiger partial charge is 0.228 e. The van der Waals surface area contributed by atoms with E-state index < -0.39 is 7.26 Å². The van der Waals surface area contributed by atoms with Crippen LogP contribution in [0.25, 0.3) is 10.6 Å². The molecule has 0 fully saturated rings. The molecule has 4 aromatic carbocycles. The normalized spacial score (nSPS) is 11.4. The summed E-state index contributed by atoms with van der Waals surface area (Å²) in [5.74, 6) is 0. The van der Waals surface area contributed by atoms with E-state index in [1.54, 1.807) is 0 Å². The molecule has 0 radical (unpaired) electrons. The highest BCUT2D eigenvalue weighted by Gasteiger charge is 2.51. The number of aromatic nitrogens is 1. The Morgan fingerprint density at radius 2 is 1.00 bits per heavy atom. The van der Waals surface area contributed by atoms with Gasteiger partial charge in [-0.1, -0.05) is 101 Å². The van der Waals surface area contributed by atoms with Crippen LogP contribution in [0.1, 0.15) is 0 Å². The first-order chi connectivity index (χ1) is 15.7. The number of thiazole rings is 1. The maximum absolute atomic E-state index is 7.02. The molecule has 0 saturated carbocycles. The molecule has 1 heterocycles. The van der Waals surface area contributed by atoms with E-state index in [9.17, 15) is 0 Å². The van der Waals surface area contributed by atoms with Crippen LogP contribution in [0, 0.1) is 0 Å². The van der Waals surface area contributed by atoms with Gasteiger partial charge in [-0.25, -0.2) is 0 Å². The van der Waals surface area contributed by atoms with Crippen LogP contribution in [0.3, 0.4) is 0 Å². The minimum atomic E-state index is -2.31. The smallest absolute Gasteiger partial charge is 0.199 e. The number of halogens is 2. The molecule has 0 amide bonds. The Morgan fingerprint density at radius 3 is 1.44 bits per heavy atom. The summed E-state index contributed by atoms with van der Waals surface area (Å²) < 4.78 is 0.722. The molecule has 0 saturated heterocycles. The van der Waals surface area contributed by atoms with Gasteiger partial charge in [-0.15, -0.1) is 0 Å². The number of hydrogen-bond acceptors (Lipinski definition) is 2. The Labute approximate surface area is 202 Å². The van der Waals surface area contributed by atoms with Crippen LogP contribution in [0.15, 0.2) is 115 Å². The zero-order chi connectivity index (χ0) is 22.0. The van der Waals surface area contributed by atoms with Gasteiger partial charge in [0.05, 0.1) is 0 Å². The van der Waals surface area contributed by atoms with Crippen molar-refractivity contribution < 1.29 is 0 Å². The molecule has 1 aromatic heterocycles.